The van der Waals surface area contributed by atoms with Gasteiger partial charge in [-0.25, -0.2) is 13.1 Å². The van der Waals surface area contributed by atoms with Gasteiger partial charge in [0.15, 0.2) is 0 Å². The van der Waals surface area contributed by atoms with Crippen LogP contribution in [-0.2, 0) is 21.2 Å². The monoisotopic (exact) mass is 359 g/mol. The molecule has 22 heavy (non-hydrogen) atoms. The molecule has 1 heterocycles. The normalized spacial score (nSPS) is 13.2. The fraction of sp³-hybridized carbons (Fsp3) is 0.333. The Morgan fingerprint density at radius 3 is 2.59 bits per heavy atom. The molecule has 0 spiro atoms. The number of aryl methyl sites for hydroxylation is 1. The Hall–Kier alpha value is -0.920. The predicted molar refractivity (Wildman–Crippen MR) is 90.1 cm³/mol. The summed E-state index contributed by atoms with van der Waals surface area (Å²) in [5.74, 6) is 0. The van der Waals surface area contributed by atoms with Gasteiger partial charge < -0.3 is 4.74 Å². The highest BCUT2D eigenvalue weighted by Gasteiger charge is 2.20. The summed E-state index contributed by atoms with van der Waals surface area (Å²) in [4.78, 5) is 1.04. The van der Waals surface area contributed by atoms with Crippen molar-refractivity contribution in [3.63, 3.8) is 0 Å². The smallest absolute Gasteiger partial charge is 0.250 e. The summed E-state index contributed by atoms with van der Waals surface area (Å²) in [6.07, 6.45) is 0.384. The molecule has 1 atom stereocenters. The third-order valence-corrected chi connectivity index (χ3v) is 6.73. The highest BCUT2D eigenvalue weighted by Crippen LogP contribution is 2.26. The Morgan fingerprint density at radius 2 is 2.00 bits per heavy atom. The lowest BCUT2D eigenvalue weighted by Gasteiger charge is -2.17. The number of methoxy groups -OCH3 is 1. The van der Waals surface area contributed by atoms with Crippen molar-refractivity contribution < 1.29 is 13.2 Å². The predicted octanol–water partition coefficient (Wildman–Crippen LogP) is 3.63. The van der Waals surface area contributed by atoms with Crippen molar-refractivity contribution in [1.82, 2.24) is 4.72 Å². The summed E-state index contributed by atoms with van der Waals surface area (Å²) >= 11 is 7.41. The second kappa shape index (κ2) is 7.57. The Morgan fingerprint density at radius 1 is 1.27 bits per heavy atom. The van der Waals surface area contributed by atoms with Gasteiger partial charge in [-0.3, -0.25) is 0 Å². The van der Waals surface area contributed by atoms with Crippen LogP contribution in [0, 0.1) is 0 Å². The lowest BCUT2D eigenvalue weighted by molar-refractivity contribution is 0.107. The summed E-state index contributed by atoms with van der Waals surface area (Å²) in [7, 11) is -2.00. The van der Waals surface area contributed by atoms with E-state index in [2.05, 4.69) is 4.72 Å². The molecule has 0 bridgehead atoms. The van der Waals surface area contributed by atoms with E-state index in [0.717, 1.165) is 16.9 Å². The molecule has 0 radical (unpaired) electrons. The van der Waals surface area contributed by atoms with Gasteiger partial charge in [-0.15, -0.1) is 11.3 Å². The van der Waals surface area contributed by atoms with Crippen LogP contribution in [0.1, 0.15) is 23.5 Å². The summed E-state index contributed by atoms with van der Waals surface area (Å²) in [6.45, 7) is 2.12. The third-order valence-electron chi connectivity index (χ3n) is 3.25. The zero-order valence-electron chi connectivity index (χ0n) is 12.4. The zero-order chi connectivity index (χ0) is 16.2. The lowest BCUT2D eigenvalue weighted by Crippen LogP contribution is -2.28. The van der Waals surface area contributed by atoms with E-state index in [9.17, 15) is 8.42 Å². The Balaban J connectivity index is 2.11. The van der Waals surface area contributed by atoms with Crippen LogP contribution in [0.4, 0.5) is 0 Å². The molecule has 4 nitrogen and oxygen atoms in total. The van der Waals surface area contributed by atoms with Crippen LogP contribution in [0.2, 0.25) is 5.02 Å². The van der Waals surface area contributed by atoms with Crippen molar-refractivity contribution in [2.24, 2.45) is 0 Å². The quantitative estimate of drug-likeness (QED) is 0.821. The first-order valence-electron chi connectivity index (χ1n) is 6.83. The van der Waals surface area contributed by atoms with Gasteiger partial charge >= 0.3 is 0 Å². The number of hydrogen-bond donors (Lipinski definition) is 1. The molecule has 0 aliphatic carbocycles. The topological polar surface area (TPSA) is 55.4 Å². The van der Waals surface area contributed by atoms with Gasteiger partial charge in [-0.2, -0.15) is 0 Å². The molecule has 0 saturated carbocycles. The average Bonchev–Trinajstić information content (AvgIpc) is 2.99. The maximum Gasteiger partial charge on any atom is 0.250 e. The molecule has 120 valence electrons. The van der Waals surface area contributed by atoms with Crippen LogP contribution in [0.25, 0.3) is 0 Å². The minimum atomic E-state index is -3.53. The van der Waals surface area contributed by atoms with Gasteiger partial charge in [-0.1, -0.05) is 36.7 Å². The molecule has 1 aromatic heterocycles. The van der Waals surface area contributed by atoms with Crippen molar-refractivity contribution in [1.29, 1.82) is 0 Å². The van der Waals surface area contributed by atoms with Crippen LogP contribution in [0.5, 0.6) is 0 Å². The first kappa shape index (κ1) is 17.4. The van der Waals surface area contributed by atoms with Crippen molar-refractivity contribution in [2.45, 2.75) is 23.7 Å². The van der Waals surface area contributed by atoms with E-state index in [-0.39, 0.29) is 6.54 Å². The molecule has 7 heteroatoms. The van der Waals surface area contributed by atoms with Crippen molar-refractivity contribution in [3.05, 3.63) is 51.9 Å². The molecule has 0 aliphatic rings. The maximum atomic E-state index is 12.3. The van der Waals surface area contributed by atoms with Crippen molar-refractivity contribution >= 4 is 33.0 Å². The van der Waals surface area contributed by atoms with E-state index in [1.165, 1.54) is 18.4 Å². The first-order valence-corrected chi connectivity index (χ1v) is 9.51. The van der Waals surface area contributed by atoms with Gasteiger partial charge in [0.25, 0.3) is 0 Å². The molecule has 0 amide bonds. The van der Waals surface area contributed by atoms with Gasteiger partial charge in [0.2, 0.25) is 10.0 Å². The third kappa shape index (κ3) is 4.08. The van der Waals surface area contributed by atoms with Crippen LogP contribution in [0.3, 0.4) is 0 Å². The Kier molecular flexibility index (Phi) is 6.00. The second-order valence-electron chi connectivity index (χ2n) is 4.67. The van der Waals surface area contributed by atoms with E-state index >= 15 is 0 Å². The van der Waals surface area contributed by atoms with Gasteiger partial charge in [0, 0.05) is 29.1 Å². The highest BCUT2D eigenvalue weighted by molar-refractivity contribution is 7.91. The van der Waals surface area contributed by atoms with E-state index in [1.54, 1.807) is 12.1 Å². The molecule has 1 N–H and O–H groups in total. The highest BCUT2D eigenvalue weighted by atomic mass is 35.5. The number of rotatable bonds is 7. The van der Waals surface area contributed by atoms with Crippen molar-refractivity contribution in [3.8, 4) is 0 Å². The minimum Gasteiger partial charge on any atom is -0.375 e. The zero-order valence-corrected chi connectivity index (χ0v) is 14.8. The average molecular weight is 360 g/mol. The van der Waals surface area contributed by atoms with E-state index in [0.29, 0.717) is 9.23 Å². The number of sulfonamides is 1. The summed E-state index contributed by atoms with van der Waals surface area (Å²) in [5, 5.41) is 0.554. The SMILES string of the molecule is CCc1ccc(S(=O)(=O)NCC(OC)c2ccccc2Cl)s1. The molecule has 2 aromatic rings. The van der Waals surface area contributed by atoms with E-state index in [1.807, 2.05) is 31.2 Å². The van der Waals surface area contributed by atoms with Crippen LogP contribution >= 0.6 is 22.9 Å². The van der Waals surface area contributed by atoms with E-state index < -0.39 is 16.1 Å². The largest absolute Gasteiger partial charge is 0.375 e. The van der Waals surface area contributed by atoms with E-state index in [4.69, 9.17) is 16.3 Å². The minimum absolute atomic E-state index is 0.127. The Labute approximate surface area is 140 Å². The van der Waals surface area contributed by atoms with Crippen LogP contribution < -0.4 is 4.72 Å². The van der Waals surface area contributed by atoms with Crippen LogP contribution in [0.15, 0.2) is 40.6 Å². The molecule has 0 saturated heterocycles. The molecule has 1 unspecified atom stereocenters. The standard InChI is InChI=1S/C15H18ClNO3S2/c1-3-11-8-9-15(21-11)22(18,19)17-10-14(20-2)12-6-4-5-7-13(12)16/h4-9,14,17H,3,10H2,1-2H3. The van der Waals surface area contributed by atoms with Gasteiger partial charge in [-0.05, 0) is 24.6 Å². The molecular weight excluding hydrogens is 342 g/mol. The molecular formula is C15H18ClNO3S2. The number of nitrogens with one attached hydrogen (secondary N) is 1. The van der Waals surface area contributed by atoms with Gasteiger partial charge in [0.1, 0.15) is 4.21 Å². The van der Waals surface area contributed by atoms with Crippen LogP contribution in [-0.4, -0.2) is 22.1 Å². The number of ether oxygens (including phenoxy) is 1. The molecule has 0 fully saturated rings. The number of hydrogen-bond acceptors (Lipinski definition) is 4. The fourth-order valence-electron chi connectivity index (χ4n) is 2.01. The second-order valence-corrected chi connectivity index (χ2v) is 8.24. The van der Waals surface area contributed by atoms with Gasteiger partial charge in [0.05, 0.1) is 6.10 Å². The molecule has 2 rings (SSSR count). The fourth-order valence-corrected chi connectivity index (χ4v) is 4.63. The molecule has 0 aliphatic heterocycles. The summed E-state index contributed by atoms with van der Waals surface area (Å²) in [5.41, 5.74) is 0.759. The first-order chi connectivity index (χ1) is 10.5. The van der Waals surface area contributed by atoms with Crippen molar-refractivity contribution in [2.75, 3.05) is 13.7 Å². The summed E-state index contributed by atoms with van der Waals surface area (Å²) in [6, 6.07) is 10.7. The number of thiophene rings is 1. The molecule has 1 aromatic carbocycles. The lowest BCUT2D eigenvalue weighted by atomic mass is 10.1. The Bertz CT molecular complexity index is 728. The number of halogens is 1. The summed E-state index contributed by atoms with van der Waals surface area (Å²) < 4.78 is 32.9. The maximum absolute atomic E-state index is 12.3. The number of benzene rings is 1.